The lowest BCUT2D eigenvalue weighted by Crippen LogP contribution is -2.31. The summed E-state index contributed by atoms with van der Waals surface area (Å²) in [5, 5.41) is 8.30. The van der Waals surface area contributed by atoms with Crippen LogP contribution in [0.25, 0.3) is 0 Å². The number of halogens is 6. The summed E-state index contributed by atoms with van der Waals surface area (Å²) in [5.74, 6) is -1.05. The number of alkyl halides is 6. The molecule has 2 aromatic heterocycles. The van der Waals surface area contributed by atoms with Crippen LogP contribution in [0.3, 0.4) is 0 Å². The van der Waals surface area contributed by atoms with Crippen molar-refractivity contribution in [3.63, 3.8) is 0 Å². The van der Waals surface area contributed by atoms with Crippen molar-refractivity contribution in [2.75, 3.05) is 6.54 Å². The summed E-state index contributed by atoms with van der Waals surface area (Å²) in [6.07, 6.45) is -6.89. The summed E-state index contributed by atoms with van der Waals surface area (Å²) in [6, 6.07) is 5.55. The van der Waals surface area contributed by atoms with Gasteiger partial charge in [-0.2, -0.15) is 31.4 Å². The molecule has 0 bridgehead atoms. The van der Waals surface area contributed by atoms with Gasteiger partial charge in [0.1, 0.15) is 6.04 Å². The zero-order valence-electron chi connectivity index (χ0n) is 14.5. The van der Waals surface area contributed by atoms with Crippen molar-refractivity contribution < 1.29 is 31.1 Å². The molecule has 0 saturated heterocycles. The number of nitrogens with one attached hydrogen (secondary N) is 1. The van der Waals surface area contributed by atoms with Crippen LogP contribution >= 0.6 is 11.3 Å². The fourth-order valence-electron chi connectivity index (χ4n) is 2.65. The van der Waals surface area contributed by atoms with Crippen molar-refractivity contribution in [2.45, 2.75) is 18.4 Å². The molecule has 154 valence electrons. The zero-order chi connectivity index (χ0) is 21.2. The van der Waals surface area contributed by atoms with Gasteiger partial charge in [0.15, 0.2) is 0 Å². The number of hydrogen-bond acceptors (Lipinski definition) is 3. The van der Waals surface area contributed by atoms with Gasteiger partial charge in [0.05, 0.1) is 11.1 Å². The first-order chi connectivity index (χ1) is 13.6. The van der Waals surface area contributed by atoms with E-state index < -0.39 is 41.0 Å². The van der Waals surface area contributed by atoms with Crippen LogP contribution in [0, 0.1) is 0 Å². The first-order valence-electron chi connectivity index (χ1n) is 8.16. The second-order valence-corrected chi connectivity index (χ2v) is 7.00. The molecule has 29 heavy (non-hydrogen) atoms. The molecule has 11 heteroatoms. The Morgan fingerprint density at radius 1 is 1.07 bits per heavy atom. The molecule has 1 atom stereocenters. The van der Waals surface area contributed by atoms with E-state index >= 15 is 0 Å². The van der Waals surface area contributed by atoms with E-state index in [0.717, 1.165) is 4.88 Å². The van der Waals surface area contributed by atoms with Gasteiger partial charge in [0.25, 0.3) is 5.91 Å². The Kier molecular flexibility index (Phi) is 5.69. The average Bonchev–Trinajstić information content (AvgIpc) is 3.34. The van der Waals surface area contributed by atoms with E-state index in [1.54, 1.807) is 34.5 Å². The molecule has 0 aliphatic heterocycles. The fraction of sp³-hybridized carbons (Fsp3) is 0.222. The van der Waals surface area contributed by atoms with Crippen molar-refractivity contribution in [2.24, 2.45) is 0 Å². The van der Waals surface area contributed by atoms with Crippen LogP contribution < -0.4 is 5.32 Å². The predicted molar refractivity (Wildman–Crippen MR) is 93.5 cm³/mol. The maximum absolute atomic E-state index is 13.0. The van der Waals surface area contributed by atoms with Crippen LogP contribution in [-0.2, 0) is 12.4 Å². The minimum atomic E-state index is -5.02. The van der Waals surface area contributed by atoms with Crippen molar-refractivity contribution in [3.8, 4) is 0 Å². The molecule has 3 rings (SSSR count). The molecule has 0 radical (unpaired) electrons. The Bertz CT molecular complexity index is 898. The molecule has 1 N–H and O–H groups in total. The average molecular weight is 433 g/mol. The third-order valence-electron chi connectivity index (χ3n) is 4.02. The van der Waals surface area contributed by atoms with E-state index in [9.17, 15) is 31.1 Å². The molecule has 4 nitrogen and oxygen atoms in total. The Morgan fingerprint density at radius 2 is 1.72 bits per heavy atom. The van der Waals surface area contributed by atoms with E-state index in [2.05, 4.69) is 10.4 Å². The van der Waals surface area contributed by atoms with Gasteiger partial charge in [0.2, 0.25) is 0 Å². The van der Waals surface area contributed by atoms with E-state index in [-0.39, 0.29) is 12.6 Å². The molecule has 0 saturated carbocycles. The lowest BCUT2D eigenvalue weighted by Gasteiger charge is -2.18. The standard InChI is InChI=1S/C18H13F6N3OS/c19-17(20,21)12-7-11(8-13(9-12)18(22,23)24)16(28)25-10-14(15-3-1-6-29-15)27-5-2-4-26-27/h1-9,14H,10H2,(H,25,28). The smallest absolute Gasteiger partial charge is 0.350 e. The number of thiophene rings is 1. The first-order valence-corrected chi connectivity index (χ1v) is 9.04. The van der Waals surface area contributed by atoms with Crippen LogP contribution in [0.5, 0.6) is 0 Å². The summed E-state index contributed by atoms with van der Waals surface area (Å²) < 4.78 is 79.4. The zero-order valence-corrected chi connectivity index (χ0v) is 15.3. The minimum absolute atomic E-state index is 0.0189. The topological polar surface area (TPSA) is 46.9 Å². The second-order valence-electron chi connectivity index (χ2n) is 6.02. The summed E-state index contributed by atoms with van der Waals surface area (Å²) in [7, 11) is 0. The summed E-state index contributed by atoms with van der Waals surface area (Å²) in [6.45, 7) is -0.0708. The molecule has 0 spiro atoms. The lowest BCUT2D eigenvalue weighted by molar-refractivity contribution is -0.143. The highest BCUT2D eigenvalue weighted by Crippen LogP contribution is 2.36. The van der Waals surface area contributed by atoms with E-state index in [1.807, 2.05) is 0 Å². The number of amides is 1. The predicted octanol–water partition coefficient (Wildman–Crippen LogP) is 5.00. The number of rotatable bonds is 5. The number of carbonyl (C=O) groups excluding carboxylic acids is 1. The van der Waals surface area contributed by atoms with Crippen LogP contribution in [0.4, 0.5) is 26.3 Å². The molecule has 0 aliphatic carbocycles. The molecular formula is C18H13F6N3OS. The third kappa shape index (κ3) is 4.97. The molecule has 0 aliphatic rings. The largest absolute Gasteiger partial charge is 0.416 e. The van der Waals surface area contributed by atoms with Crippen molar-refractivity contribution >= 4 is 17.2 Å². The van der Waals surface area contributed by atoms with Crippen LogP contribution in [0.1, 0.15) is 32.4 Å². The van der Waals surface area contributed by atoms with Gasteiger partial charge in [-0.05, 0) is 35.7 Å². The second kappa shape index (κ2) is 7.90. The Morgan fingerprint density at radius 3 is 2.21 bits per heavy atom. The quantitative estimate of drug-likeness (QED) is 0.576. The van der Waals surface area contributed by atoms with Crippen LogP contribution in [0.2, 0.25) is 0 Å². The maximum Gasteiger partial charge on any atom is 0.416 e. The van der Waals surface area contributed by atoms with Crippen LogP contribution in [0.15, 0.2) is 54.2 Å². The summed E-state index contributed by atoms with van der Waals surface area (Å²) in [4.78, 5) is 13.2. The van der Waals surface area contributed by atoms with Gasteiger partial charge >= 0.3 is 12.4 Å². The summed E-state index contributed by atoms with van der Waals surface area (Å²) >= 11 is 1.38. The normalized spacial score (nSPS) is 13.3. The number of carbonyl (C=O) groups is 1. The Balaban J connectivity index is 1.86. The van der Waals surface area contributed by atoms with Gasteiger partial charge in [-0.1, -0.05) is 6.07 Å². The SMILES string of the molecule is O=C(NCC(c1cccs1)n1cccn1)c1cc(C(F)(F)F)cc(C(F)(F)F)c1. The number of benzene rings is 1. The van der Waals surface area contributed by atoms with E-state index in [0.29, 0.717) is 12.1 Å². The molecular weight excluding hydrogens is 420 g/mol. The van der Waals surface area contributed by atoms with Gasteiger partial charge in [-0.25, -0.2) is 0 Å². The fourth-order valence-corrected chi connectivity index (χ4v) is 3.47. The van der Waals surface area contributed by atoms with Crippen molar-refractivity contribution in [3.05, 3.63) is 75.7 Å². The molecule has 1 amide bonds. The molecule has 2 heterocycles. The molecule has 1 aromatic carbocycles. The highest BCUT2D eigenvalue weighted by molar-refractivity contribution is 7.10. The minimum Gasteiger partial charge on any atom is -0.350 e. The molecule has 1 unspecified atom stereocenters. The van der Waals surface area contributed by atoms with E-state index in [4.69, 9.17) is 0 Å². The Hall–Kier alpha value is -2.82. The number of aromatic nitrogens is 2. The molecule has 0 fully saturated rings. The number of nitrogens with zero attached hydrogens (tertiary/aromatic N) is 2. The van der Waals surface area contributed by atoms with Crippen molar-refractivity contribution in [1.82, 2.24) is 15.1 Å². The number of hydrogen-bond donors (Lipinski definition) is 1. The van der Waals surface area contributed by atoms with Crippen LogP contribution in [-0.4, -0.2) is 22.2 Å². The maximum atomic E-state index is 13.0. The van der Waals surface area contributed by atoms with Crippen molar-refractivity contribution in [1.29, 1.82) is 0 Å². The Labute approximate surface area is 164 Å². The summed E-state index contributed by atoms with van der Waals surface area (Å²) in [5.41, 5.74) is -3.81. The van der Waals surface area contributed by atoms with Gasteiger partial charge < -0.3 is 5.32 Å². The van der Waals surface area contributed by atoms with E-state index in [1.165, 1.54) is 17.5 Å². The molecule has 3 aromatic rings. The van der Waals surface area contributed by atoms with Gasteiger partial charge in [0, 0.05) is 29.4 Å². The third-order valence-corrected chi connectivity index (χ3v) is 5.00. The lowest BCUT2D eigenvalue weighted by atomic mass is 10.0. The van der Waals surface area contributed by atoms with Gasteiger partial charge in [-0.3, -0.25) is 9.48 Å². The monoisotopic (exact) mass is 433 g/mol. The first kappa shape index (κ1) is 20.9. The highest BCUT2D eigenvalue weighted by Gasteiger charge is 2.37. The highest BCUT2D eigenvalue weighted by atomic mass is 32.1. The van der Waals surface area contributed by atoms with Gasteiger partial charge in [-0.15, -0.1) is 11.3 Å².